The number of ether oxygens (including phenoxy) is 2. The van der Waals surface area contributed by atoms with Crippen molar-refractivity contribution in [1.82, 2.24) is 9.97 Å². The Labute approximate surface area is 152 Å². The number of hydrogen-bond donors (Lipinski definition) is 1. The molecule has 2 unspecified atom stereocenters. The van der Waals surface area contributed by atoms with Crippen molar-refractivity contribution in [2.24, 2.45) is 0 Å². The maximum Gasteiger partial charge on any atom is 0.311 e. The second kappa shape index (κ2) is 7.29. The zero-order valence-corrected chi connectivity index (χ0v) is 14.7. The molecule has 0 aliphatic carbocycles. The molecule has 1 aromatic heterocycles. The third-order valence-electron chi connectivity index (χ3n) is 4.80. The topological polar surface area (TPSA) is 76.6 Å². The molecule has 2 saturated heterocycles. The van der Waals surface area contributed by atoms with Gasteiger partial charge in [0.1, 0.15) is 0 Å². The van der Waals surface area contributed by atoms with Gasteiger partial charge in [-0.3, -0.25) is 4.79 Å². The highest BCUT2D eigenvalue weighted by molar-refractivity contribution is 5.72. The maximum absolute atomic E-state index is 11.4. The molecular formula is C19H22N4O3. The first-order valence-corrected chi connectivity index (χ1v) is 8.86. The Hall–Kier alpha value is -2.67. The highest BCUT2D eigenvalue weighted by atomic mass is 16.5. The SMILES string of the molecule is COC(=O)Cc1ccnc(Nc2ccc(N3CC4CCC(C3)O4)cc2)n1. The second-order valence-electron chi connectivity index (χ2n) is 6.66. The van der Waals surface area contributed by atoms with Gasteiger partial charge < -0.3 is 19.7 Å². The monoisotopic (exact) mass is 354 g/mol. The molecular weight excluding hydrogens is 332 g/mol. The smallest absolute Gasteiger partial charge is 0.311 e. The van der Waals surface area contributed by atoms with E-state index < -0.39 is 0 Å². The predicted octanol–water partition coefficient (Wildman–Crippen LogP) is 2.30. The fourth-order valence-corrected chi connectivity index (χ4v) is 3.49. The summed E-state index contributed by atoms with van der Waals surface area (Å²) in [6.07, 6.45) is 4.84. The lowest BCUT2D eigenvalue weighted by atomic mass is 10.2. The summed E-state index contributed by atoms with van der Waals surface area (Å²) >= 11 is 0. The Morgan fingerprint density at radius 3 is 2.65 bits per heavy atom. The number of carbonyl (C=O) groups excluding carboxylic acids is 1. The molecule has 2 fully saturated rings. The molecule has 2 aromatic rings. The number of morpholine rings is 1. The van der Waals surface area contributed by atoms with E-state index in [2.05, 4.69) is 37.1 Å². The summed E-state index contributed by atoms with van der Waals surface area (Å²) in [5, 5.41) is 3.18. The van der Waals surface area contributed by atoms with Gasteiger partial charge in [-0.25, -0.2) is 9.97 Å². The molecule has 0 radical (unpaired) electrons. The lowest BCUT2D eigenvalue weighted by Crippen LogP contribution is -2.42. The van der Waals surface area contributed by atoms with Gasteiger partial charge in [0.05, 0.1) is 31.4 Å². The summed E-state index contributed by atoms with van der Waals surface area (Å²) in [5.41, 5.74) is 2.73. The molecule has 2 aliphatic rings. The quantitative estimate of drug-likeness (QED) is 0.826. The molecule has 0 amide bonds. The maximum atomic E-state index is 11.4. The van der Waals surface area contributed by atoms with Gasteiger partial charge in [0.2, 0.25) is 5.95 Å². The van der Waals surface area contributed by atoms with E-state index in [-0.39, 0.29) is 12.4 Å². The van der Waals surface area contributed by atoms with Crippen molar-refractivity contribution in [3.63, 3.8) is 0 Å². The molecule has 0 spiro atoms. The van der Waals surface area contributed by atoms with Crippen molar-refractivity contribution in [2.75, 3.05) is 30.4 Å². The zero-order chi connectivity index (χ0) is 17.9. The van der Waals surface area contributed by atoms with Crippen molar-refractivity contribution in [2.45, 2.75) is 31.5 Å². The summed E-state index contributed by atoms with van der Waals surface area (Å²) in [7, 11) is 1.37. The van der Waals surface area contributed by atoms with Crippen LogP contribution in [-0.4, -0.2) is 48.3 Å². The van der Waals surface area contributed by atoms with E-state index >= 15 is 0 Å². The van der Waals surface area contributed by atoms with Crippen LogP contribution in [0.1, 0.15) is 18.5 Å². The third kappa shape index (κ3) is 3.77. The average molecular weight is 354 g/mol. The van der Waals surface area contributed by atoms with E-state index in [4.69, 9.17) is 4.74 Å². The lowest BCUT2D eigenvalue weighted by Gasteiger charge is -2.33. The van der Waals surface area contributed by atoms with E-state index in [1.165, 1.54) is 25.6 Å². The van der Waals surface area contributed by atoms with Crippen molar-refractivity contribution in [3.8, 4) is 0 Å². The molecule has 26 heavy (non-hydrogen) atoms. The van der Waals surface area contributed by atoms with Crippen LogP contribution in [0.15, 0.2) is 36.5 Å². The summed E-state index contributed by atoms with van der Waals surface area (Å²) in [4.78, 5) is 22.3. The largest absolute Gasteiger partial charge is 0.469 e. The first kappa shape index (κ1) is 16.8. The number of benzene rings is 1. The van der Waals surface area contributed by atoms with Crippen molar-refractivity contribution in [1.29, 1.82) is 0 Å². The molecule has 0 saturated carbocycles. The highest BCUT2D eigenvalue weighted by Gasteiger charge is 2.33. The van der Waals surface area contributed by atoms with Gasteiger partial charge in [0, 0.05) is 30.7 Å². The predicted molar refractivity (Wildman–Crippen MR) is 97.6 cm³/mol. The minimum atomic E-state index is -0.321. The van der Waals surface area contributed by atoms with Crippen molar-refractivity contribution >= 4 is 23.3 Å². The number of carbonyl (C=O) groups is 1. The first-order chi connectivity index (χ1) is 12.7. The summed E-state index contributed by atoms with van der Waals surface area (Å²) < 4.78 is 10.6. The number of nitrogens with zero attached hydrogens (tertiary/aromatic N) is 3. The zero-order valence-electron chi connectivity index (χ0n) is 14.7. The standard InChI is InChI=1S/C19H22N4O3/c1-25-18(24)10-14-8-9-20-19(22-14)21-13-2-4-15(5-3-13)23-11-16-6-7-17(12-23)26-16/h2-5,8-9,16-17H,6-7,10-12H2,1H3,(H,20,21,22). The van der Waals surface area contributed by atoms with E-state index in [1.54, 1.807) is 12.3 Å². The fraction of sp³-hybridized carbons (Fsp3) is 0.421. The van der Waals surface area contributed by atoms with E-state index in [0.717, 1.165) is 18.8 Å². The van der Waals surface area contributed by atoms with Crippen LogP contribution >= 0.6 is 0 Å². The Morgan fingerprint density at radius 1 is 1.23 bits per heavy atom. The van der Waals surface area contributed by atoms with Gasteiger partial charge in [-0.1, -0.05) is 0 Å². The average Bonchev–Trinajstić information content (AvgIpc) is 3.00. The van der Waals surface area contributed by atoms with Gasteiger partial charge in [0.25, 0.3) is 0 Å². The number of anilines is 3. The molecule has 7 nitrogen and oxygen atoms in total. The van der Waals surface area contributed by atoms with Crippen LogP contribution in [0, 0.1) is 0 Å². The van der Waals surface area contributed by atoms with Gasteiger partial charge in [-0.2, -0.15) is 0 Å². The van der Waals surface area contributed by atoms with Gasteiger partial charge in [0.15, 0.2) is 0 Å². The molecule has 3 heterocycles. The number of rotatable bonds is 5. The van der Waals surface area contributed by atoms with Gasteiger partial charge >= 0.3 is 5.97 Å². The fourth-order valence-electron chi connectivity index (χ4n) is 3.49. The molecule has 1 aromatic carbocycles. The van der Waals surface area contributed by atoms with Crippen molar-refractivity contribution in [3.05, 3.63) is 42.2 Å². The van der Waals surface area contributed by atoms with Crippen LogP contribution < -0.4 is 10.2 Å². The third-order valence-corrected chi connectivity index (χ3v) is 4.80. The van der Waals surface area contributed by atoms with Crippen LogP contribution in [-0.2, 0) is 20.7 Å². The van der Waals surface area contributed by atoms with Crippen LogP contribution in [0.5, 0.6) is 0 Å². The number of nitrogens with one attached hydrogen (secondary N) is 1. The summed E-state index contributed by atoms with van der Waals surface area (Å²) in [6.45, 7) is 1.92. The van der Waals surface area contributed by atoms with E-state index in [9.17, 15) is 4.79 Å². The molecule has 2 aliphatic heterocycles. The minimum absolute atomic E-state index is 0.131. The minimum Gasteiger partial charge on any atom is -0.469 e. The summed E-state index contributed by atoms with van der Waals surface area (Å²) in [6, 6.07) is 9.95. The Kier molecular flexibility index (Phi) is 4.71. The van der Waals surface area contributed by atoms with Crippen LogP contribution in [0.25, 0.3) is 0 Å². The normalized spacial score (nSPS) is 21.5. The first-order valence-electron chi connectivity index (χ1n) is 8.86. The number of aromatic nitrogens is 2. The molecule has 4 rings (SSSR count). The van der Waals surface area contributed by atoms with E-state index in [1.807, 2.05) is 12.1 Å². The molecule has 1 N–H and O–H groups in total. The summed E-state index contributed by atoms with van der Waals surface area (Å²) in [5.74, 6) is 0.141. The van der Waals surface area contributed by atoms with Gasteiger partial charge in [-0.15, -0.1) is 0 Å². The number of hydrogen-bond acceptors (Lipinski definition) is 7. The highest BCUT2D eigenvalue weighted by Crippen LogP contribution is 2.30. The molecule has 7 heteroatoms. The molecule has 136 valence electrons. The lowest BCUT2D eigenvalue weighted by molar-refractivity contribution is -0.139. The second-order valence-corrected chi connectivity index (χ2v) is 6.66. The number of esters is 1. The Bertz CT molecular complexity index is 769. The number of fused-ring (bicyclic) bond motifs is 2. The van der Waals surface area contributed by atoms with Crippen LogP contribution in [0.4, 0.5) is 17.3 Å². The molecule has 2 bridgehead atoms. The molecule has 2 atom stereocenters. The van der Waals surface area contributed by atoms with Crippen LogP contribution in [0.3, 0.4) is 0 Å². The number of methoxy groups -OCH3 is 1. The Balaban J connectivity index is 1.41. The van der Waals surface area contributed by atoms with Crippen LogP contribution in [0.2, 0.25) is 0 Å². The van der Waals surface area contributed by atoms with Gasteiger partial charge in [-0.05, 0) is 43.2 Å². The van der Waals surface area contributed by atoms with Crippen molar-refractivity contribution < 1.29 is 14.3 Å². The van der Waals surface area contributed by atoms with E-state index in [0.29, 0.717) is 23.9 Å². The Morgan fingerprint density at radius 2 is 1.96 bits per heavy atom.